The van der Waals surface area contributed by atoms with Gasteiger partial charge in [-0.05, 0) is 55.3 Å². The van der Waals surface area contributed by atoms with Crippen molar-refractivity contribution in [1.29, 1.82) is 0 Å². The number of hydrogen-bond donors (Lipinski definition) is 2. The summed E-state index contributed by atoms with van der Waals surface area (Å²) in [5, 5.41) is 6.82. The molecular formula is C19H22N6O. The van der Waals surface area contributed by atoms with Gasteiger partial charge in [-0.1, -0.05) is 0 Å². The van der Waals surface area contributed by atoms with E-state index in [0.29, 0.717) is 12.5 Å². The third-order valence-corrected chi connectivity index (χ3v) is 4.73. The molecule has 134 valence electrons. The Morgan fingerprint density at radius 2 is 2.23 bits per heavy atom. The van der Waals surface area contributed by atoms with Gasteiger partial charge in [0.25, 0.3) is 5.88 Å². The second-order valence-electron chi connectivity index (χ2n) is 6.72. The average Bonchev–Trinajstić information content (AvgIpc) is 3.14. The zero-order valence-corrected chi connectivity index (χ0v) is 15.0. The van der Waals surface area contributed by atoms with Crippen LogP contribution in [-0.2, 0) is 19.6 Å². The van der Waals surface area contributed by atoms with Crippen molar-refractivity contribution in [2.24, 2.45) is 0 Å². The van der Waals surface area contributed by atoms with Gasteiger partial charge in [-0.25, -0.2) is 9.97 Å². The smallest absolute Gasteiger partial charge is 0.258 e. The molecule has 0 bridgehead atoms. The molecule has 1 aromatic carbocycles. The first-order chi connectivity index (χ1) is 12.6. The summed E-state index contributed by atoms with van der Waals surface area (Å²) >= 11 is 0. The second-order valence-corrected chi connectivity index (χ2v) is 6.72. The number of hydrogen-bond acceptors (Lipinski definition) is 6. The molecule has 1 aliphatic heterocycles. The summed E-state index contributed by atoms with van der Waals surface area (Å²) in [6.07, 6.45) is 4.53. The highest BCUT2D eigenvalue weighted by Gasteiger charge is 2.17. The fourth-order valence-electron chi connectivity index (χ4n) is 3.35. The number of nitrogens with zero attached hydrogens (tertiary/aromatic N) is 4. The monoisotopic (exact) mass is 350 g/mol. The van der Waals surface area contributed by atoms with Crippen LogP contribution in [0.4, 0.5) is 5.82 Å². The largest absolute Gasteiger partial charge is 0.468 e. The Morgan fingerprint density at radius 3 is 3.04 bits per heavy atom. The number of nitrogen functional groups attached to an aromatic ring is 1. The van der Waals surface area contributed by atoms with Gasteiger partial charge in [0, 0.05) is 24.8 Å². The Labute approximate surface area is 152 Å². The predicted octanol–water partition coefficient (Wildman–Crippen LogP) is 2.32. The molecular weight excluding hydrogens is 328 g/mol. The predicted molar refractivity (Wildman–Crippen MR) is 99.6 cm³/mol. The molecule has 3 heterocycles. The van der Waals surface area contributed by atoms with Gasteiger partial charge in [-0.2, -0.15) is 5.10 Å². The highest BCUT2D eigenvalue weighted by molar-refractivity contribution is 5.64. The molecule has 1 aliphatic rings. The number of nitrogens with one attached hydrogen (secondary N) is 1. The molecule has 0 unspecified atom stereocenters. The fourth-order valence-corrected chi connectivity index (χ4v) is 3.35. The van der Waals surface area contributed by atoms with E-state index >= 15 is 0 Å². The standard InChI is InChI=1S/C19H22N6O/c1-12-7-13(8-14-10-25(2)6-4-16(12)14)17-9-21-18(20)19(23-17)26-11-15-3-5-22-24-15/h3,5,7-9H,4,6,10-11H2,1-2H3,(H2,20,21)(H,22,24). The molecule has 0 saturated heterocycles. The molecule has 0 aliphatic carbocycles. The van der Waals surface area contributed by atoms with Gasteiger partial charge >= 0.3 is 0 Å². The van der Waals surface area contributed by atoms with Crippen LogP contribution in [0.1, 0.15) is 22.4 Å². The molecule has 4 rings (SSSR count). The molecule has 0 radical (unpaired) electrons. The van der Waals surface area contributed by atoms with Crippen molar-refractivity contribution in [1.82, 2.24) is 25.1 Å². The van der Waals surface area contributed by atoms with Crippen LogP contribution in [0.3, 0.4) is 0 Å². The summed E-state index contributed by atoms with van der Waals surface area (Å²) in [5.74, 6) is 0.608. The SMILES string of the molecule is Cc1cc(-c2cnc(N)c(OCc3cc[nH]n3)n2)cc2c1CCN(C)C2. The number of nitrogens with two attached hydrogens (primary N) is 1. The van der Waals surface area contributed by atoms with Crippen LogP contribution in [0, 0.1) is 6.92 Å². The highest BCUT2D eigenvalue weighted by Crippen LogP contribution is 2.29. The Hall–Kier alpha value is -2.93. The van der Waals surface area contributed by atoms with E-state index in [4.69, 9.17) is 10.5 Å². The Kier molecular flexibility index (Phi) is 4.30. The first-order valence-corrected chi connectivity index (χ1v) is 8.65. The van der Waals surface area contributed by atoms with Gasteiger partial charge in [0.15, 0.2) is 5.82 Å². The van der Waals surface area contributed by atoms with Crippen molar-refractivity contribution >= 4 is 5.82 Å². The maximum Gasteiger partial charge on any atom is 0.258 e. The molecule has 3 N–H and O–H groups in total. The third kappa shape index (κ3) is 3.25. The molecule has 0 atom stereocenters. The number of fused-ring (bicyclic) bond motifs is 1. The van der Waals surface area contributed by atoms with E-state index in [0.717, 1.165) is 36.5 Å². The van der Waals surface area contributed by atoms with Crippen molar-refractivity contribution in [3.8, 4) is 17.1 Å². The van der Waals surface area contributed by atoms with E-state index in [1.54, 1.807) is 12.4 Å². The summed E-state index contributed by atoms with van der Waals surface area (Å²) in [4.78, 5) is 11.2. The average molecular weight is 350 g/mol. The summed E-state index contributed by atoms with van der Waals surface area (Å²) in [7, 11) is 2.15. The molecule has 0 amide bonds. The number of benzene rings is 1. The molecule has 7 nitrogen and oxygen atoms in total. The van der Waals surface area contributed by atoms with Crippen molar-refractivity contribution in [3.05, 3.63) is 53.0 Å². The minimum atomic E-state index is 0.277. The van der Waals surface area contributed by atoms with Crippen molar-refractivity contribution in [2.75, 3.05) is 19.3 Å². The first-order valence-electron chi connectivity index (χ1n) is 8.65. The molecule has 7 heteroatoms. The molecule has 0 saturated carbocycles. The zero-order chi connectivity index (χ0) is 18.1. The topological polar surface area (TPSA) is 92.9 Å². The molecule has 0 spiro atoms. The molecule has 26 heavy (non-hydrogen) atoms. The number of aryl methyl sites for hydroxylation is 1. The zero-order valence-electron chi connectivity index (χ0n) is 15.0. The van der Waals surface area contributed by atoms with Crippen LogP contribution in [0.15, 0.2) is 30.6 Å². The van der Waals surface area contributed by atoms with E-state index in [2.05, 4.69) is 51.2 Å². The van der Waals surface area contributed by atoms with Crippen molar-refractivity contribution in [3.63, 3.8) is 0 Å². The van der Waals surface area contributed by atoms with E-state index in [1.165, 1.54) is 16.7 Å². The minimum absolute atomic E-state index is 0.277. The Morgan fingerprint density at radius 1 is 1.35 bits per heavy atom. The summed E-state index contributed by atoms with van der Waals surface area (Å²) in [6.45, 7) is 4.50. The molecule has 0 fully saturated rings. The highest BCUT2D eigenvalue weighted by atomic mass is 16.5. The van der Waals surface area contributed by atoms with Crippen LogP contribution in [0.2, 0.25) is 0 Å². The van der Waals surface area contributed by atoms with Gasteiger partial charge in [0.1, 0.15) is 6.61 Å². The van der Waals surface area contributed by atoms with E-state index in [9.17, 15) is 0 Å². The second kappa shape index (κ2) is 6.76. The number of aromatic nitrogens is 4. The maximum absolute atomic E-state index is 5.93. The van der Waals surface area contributed by atoms with Crippen molar-refractivity contribution in [2.45, 2.75) is 26.5 Å². The van der Waals surface area contributed by atoms with Crippen LogP contribution in [0.5, 0.6) is 5.88 Å². The molecule has 2 aromatic heterocycles. The van der Waals surface area contributed by atoms with E-state index in [1.807, 2.05) is 6.07 Å². The van der Waals surface area contributed by atoms with E-state index in [-0.39, 0.29) is 5.82 Å². The van der Waals surface area contributed by atoms with Crippen LogP contribution in [0.25, 0.3) is 11.3 Å². The van der Waals surface area contributed by atoms with Crippen LogP contribution >= 0.6 is 0 Å². The van der Waals surface area contributed by atoms with Gasteiger partial charge in [-0.15, -0.1) is 0 Å². The lowest BCUT2D eigenvalue weighted by Gasteiger charge is -2.27. The molecule has 3 aromatic rings. The normalized spacial score (nSPS) is 14.2. The fraction of sp³-hybridized carbons (Fsp3) is 0.316. The summed E-state index contributed by atoms with van der Waals surface area (Å²) in [6, 6.07) is 6.22. The number of anilines is 1. The van der Waals surface area contributed by atoms with Gasteiger partial charge < -0.3 is 15.4 Å². The lowest BCUT2D eigenvalue weighted by atomic mass is 9.92. The summed E-state index contributed by atoms with van der Waals surface area (Å²) in [5.41, 5.74) is 12.6. The number of aromatic amines is 1. The number of likely N-dealkylation sites (N-methyl/N-ethyl adjacent to an activating group) is 1. The maximum atomic E-state index is 5.93. The Balaban J connectivity index is 1.64. The third-order valence-electron chi connectivity index (χ3n) is 4.73. The van der Waals surface area contributed by atoms with Gasteiger partial charge in [-0.3, -0.25) is 5.10 Å². The van der Waals surface area contributed by atoms with Crippen LogP contribution < -0.4 is 10.5 Å². The van der Waals surface area contributed by atoms with Crippen LogP contribution in [-0.4, -0.2) is 38.7 Å². The lowest BCUT2D eigenvalue weighted by Crippen LogP contribution is -2.27. The number of ether oxygens (including phenoxy) is 1. The summed E-state index contributed by atoms with van der Waals surface area (Å²) < 4.78 is 5.71. The number of H-pyrrole nitrogens is 1. The van der Waals surface area contributed by atoms with Gasteiger partial charge in [0.2, 0.25) is 0 Å². The quantitative estimate of drug-likeness (QED) is 0.750. The van der Waals surface area contributed by atoms with E-state index < -0.39 is 0 Å². The first kappa shape index (κ1) is 16.5. The Bertz CT molecular complexity index is 922. The minimum Gasteiger partial charge on any atom is -0.468 e. The van der Waals surface area contributed by atoms with Gasteiger partial charge in [0.05, 0.1) is 17.6 Å². The number of rotatable bonds is 4. The van der Waals surface area contributed by atoms with Crippen molar-refractivity contribution < 1.29 is 4.74 Å². The lowest BCUT2D eigenvalue weighted by molar-refractivity contribution is 0.290.